The van der Waals surface area contributed by atoms with Crippen molar-refractivity contribution in [2.24, 2.45) is 0 Å². The lowest BCUT2D eigenvalue weighted by Gasteiger charge is -2.36. The third-order valence-electron chi connectivity index (χ3n) is 5.71. The van der Waals surface area contributed by atoms with Gasteiger partial charge in [0.25, 0.3) is 0 Å². The normalized spacial score (nSPS) is 15.3. The summed E-state index contributed by atoms with van der Waals surface area (Å²) in [6, 6.07) is 18.6. The Morgan fingerprint density at radius 2 is 1.73 bits per heavy atom. The summed E-state index contributed by atoms with van der Waals surface area (Å²) in [6.07, 6.45) is 1.58. The van der Waals surface area contributed by atoms with Crippen LogP contribution in [0.15, 0.2) is 54.6 Å². The first-order valence-corrected chi connectivity index (χ1v) is 11.4. The Labute approximate surface area is 182 Å². The second-order valence-electron chi connectivity index (χ2n) is 7.84. The number of aryl methyl sites for hydroxylation is 1. The van der Waals surface area contributed by atoms with Gasteiger partial charge in [0.2, 0.25) is 11.0 Å². The maximum atomic E-state index is 13.1. The molecule has 1 aliphatic rings. The number of amides is 1. The predicted octanol–water partition coefficient (Wildman–Crippen LogP) is 4.28. The van der Waals surface area contributed by atoms with Gasteiger partial charge >= 0.3 is 0 Å². The number of hydrogen-bond acceptors (Lipinski definition) is 5. The highest BCUT2D eigenvalue weighted by Gasteiger charge is 2.28. The number of hydrogen-bond donors (Lipinski definition) is 0. The fourth-order valence-corrected chi connectivity index (χ4v) is 4.65. The number of carbonyl (C=O) groups excluding carboxylic acids is 1. The lowest BCUT2D eigenvalue weighted by atomic mass is 9.95. The third-order valence-corrected chi connectivity index (χ3v) is 6.53. The van der Waals surface area contributed by atoms with Gasteiger partial charge in [0, 0.05) is 44.1 Å². The molecule has 3 aromatic rings. The van der Waals surface area contributed by atoms with Crippen molar-refractivity contribution in [2.75, 3.05) is 31.1 Å². The van der Waals surface area contributed by atoms with Crippen LogP contribution >= 0.6 is 11.5 Å². The Morgan fingerprint density at radius 3 is 2.40 bits per heavy atom. The van der Waals surface area contributed by atoms with Gasteiger partial charge in [-0.05, 0) is 24.5 Å². The van der Waals surface area contributed by atoms with Crippen molar-refractivity contribution in [3.8, 4) is 0 Å². The molecule has 1 amide bonds. The van der Waals surface area contributed by atoms with Crippen molar-refractivity contribution < 1.29 is 4.79 Å². The second kappa shape index (κ2) is 9.39. The minimum Gasteiger partial charge on any atom is -0.343 e. The molecule has 156 valence electrons. The predicted molar refractivity (Wildman–Crippen MR) is 122 cm³/mol. The van der Waals surface area contributed by atoms with Crippen molar-refractivity contribution in [2.45, 2.75) is 32.6 Å². The maximum Gasteiger partial charge on any atom is 0.230 e. The first-order valence-electron chi connectivity index (χ1n) is 10.6. The van der Waals surface area contributed by atoms with Gasteiger partial charge in [-0.1, -0.05) is 67.1 Å². The summed E-state index contributed by atoms with van der Waals surface area (Å²) in [4.78, 5) is 22.1. The average Bonchev–Trinajstić information content (AvgIpc) is 3.25. The lowest BCUT2D eigenvalue weighted by Crippen LogP contribution is -2.50. The summed E-state index contributed by atoms with van der Waals surface area (Å²) >= 11 is 1.46. The first kappa shape index (κ1) is 20.5. The Balaban J connectivity index is 1.35. The molecule has 6 heteroatoms. The molecule has 0 aliphatic carbocycles. The van der Waals surface area contributed by atoms with E-state index >= 15 is 0 Å². The number of nitrogens with zero attached hydrogens (tertiary/aromatic N) is 4. The van der Waals surface area contributed by atoms with E-state index < -0.39 is 0 Å². The second-order valence-corrected chi connectivity index (χ2v) is 8.57. The van der Waals surface area contributed by atoms with Crippen LogP contribution in [0.4, 0.5) is 5.13 Å². The molecule has 1 unspecified atom stereocenters. The summed E-state index contributed by atoms with van der Waals surface area (Å²) < 4.78 is 4.55. The molecule has 1 saturated heterocycles. The number of piperazine rings is 1. The quantitative estimate of drug-likeness (QED) is 0.597. The molecular formula is C24H28N4OS. The largest absolute Gasteiger partial charge is 0.343 e. The van der Waals surface area contributed by atoms with E-state index in [-0.39, 0.29) is 11.8 Å². The van der Waals surface area contributed by atoms with Gasteiger partial charge in [0.05, 0.1) is 5.92 Å². The van der Waals surface area contributed by atoms with Crippen LogP contribution in [0.25, 0.3) is 0 Å². The topological polar surface area (TPSA) is 49.3 Å². The van der Waals surface area contributed by atoms with Gasteiger partial charge in [0.1, 0.15) is 5.82 Å². The Bertz CT molecular complexity index is 962. The van der Waals surface area contributed by atoms with Crippen LogP contribution < -0.4 is 4.90 Å². The molecule has 0 saturated carbocycles. The molecule has 0 bridgehead atoms. The van der Waals surface area contributed by atoms with Crippen LogP contribution in [0.3, 0.4) is 0 Å². The summed E-state index contributed by atoms with van der Waals surface area (Å²) in [6.45, 7) is 7.24. The molecule has 0 N–H and O–H groups in total. The molecule has 1 aromatic heterocycles. The van der Waals surface area contributed by atoms with Crippen molar-refractivity contribution in [3.63, 3.8) is 0 Å². The van der Waals surface area contributed by atoms with E-state index in [2.05, 4.69) is 59.5 Å². The van der Waals surface area contributed by atoms with Crippen LogP contribution in [0, 0.1) is 6.92 Å². The van der Waals surface area contributed by atoms with Gasteiger partial charge in [-0.15, -0.1) is 0 Å². The smallest absolute Gasteiger partial charge is 0.230 e. The number of benzene rings is 2. The number of rotatable bonds is 6. The zero-order chi connectivity index (χ0) is 20.9. The molecule has 2 aromatic carbocycles. The van der Waals surface area contributed by atoms with E-state index in [4.69, 9.17) is 4.98 Å². The van der Waals surface area contributed by atoms with E-state index in [1.807, 2.05) is 23.1 Å². The fraction of sp³-hybridized carbons (Fsp3) is 0.375. The van der Waals surface area contributed by atoms with Crippen LogP contribution in [0.5, 0.6) is 0 Å². The van der Waals surface area contributed by atoms with Gasteiger partial charge < -0.3 is 9.80 Å². The summed E-state index contributed by atoms with van der Waals surface area (Å²) in [5, 5.41) is 0.958. The SMILES string of the molecule is CCC(C(=O)N1CCN(c2nc(Cc3ccc(C)cc3)ns2)CC1)c1ccccc1. The van der Waals surface area contributed by atoms with Gasteiger partial charge in [-0.25, -0.2) is 4.98 Å². The maximum absolute atomic E-state index is 13.1. The molecule has 1 atom stereocenters. The summed E-state index contributed by atoms with van der Waals surface area (Å²) in [5.74, 6) is 1.05. The number of aromatic nitrogens is 2. The molecule has 0 radical (unpaired) electrons. The molecule has 0 spiro atoms. The zero-order valence-corrected chi connectivity index (χ0v) is 18.4. The molecule has 30 heavy (non-hydrogen) atoms. The van der Waals surface area contributed by atoms with Crippen molar-refractivity contribution >= 4 is 22.6 Å². The Morgan fingerprint density at radius 1 is 1.03 bits per heavy atom. The van der Waals surface area contributed by atoms with Crippen molar-refractivity contribution in [1.29, 1.82) is 0 Å². The molecule has 2 heterocycles. The van der Waals surface area contributed by atoms with Gasteiger partial charge in [0.15, 0.2) is 0 Å². The highest BCUT2D eigenvalue weighted by Crippen LogP contribution is 2.25. The van der Waals surface area contributed by atoms with E-state index in [1.54, 1.807) is 0 Å². The zero-order valence-electron chi connectivity index (χ0n) is 17.6. The molecular weight excluding hydrogens is 392 g/mol. The molecule has 1 aliphatic heterocycles. The van der Waals surface area contributed by atoms with Crippen molar-refractivity contribution in [1.82, 2.24) is 14.3 Å². The molecule has 4 rings (SSSR count). The summed E-state index contributed by atoms with van der Waals surface area (Å²) in [7, 11) is 0. The first-order chi connectivity index (χ1) is 14.6. The minimum absolute atomic E-state index is 0.0552. The van der Waals surface area contributed by atoms with Crippen LogP contribution in [0.1, 0.15) is 41.8 Å². The van der Waals surface area contributed by atoms with Gasteiger partial charge in [-0.2, -0.15) is 4.37 Å². The minimum atomic E-state index is -0.0552. The third kappa shape index (κ3) is 4.70. The van der Waals surface area contributed by atoms with E-state index in [0.29, 0.717) is 0 Å². The fourth-order valence-electron chi connectivity index (χ4n) is 3.91. The lowest BCUT2D eigenvalue weighted by molar-refractivity contribution is -0.133. The highest BCUT2D eigenvalue weighted by atomic mass is 32.1. The van der Waals surface area contributed by atoms with E-state index in [0.717, 1.165) is 55.5 Å². The van der Waals surface area contributed by atoms with Crippen LogP contribution in [-0.2, 0) is 11.2 Å². The van der Waals surface area contributed by atoms with E-state index in [9.17, 15) is 4.79 Å². The monoisotopic (exact) mass is 420 g/mol. The standard InChI is InChI=1S/C24H28N4OS/c1-3-21(20-7-5-4-6-8-20)23(29)27-13-15-28(16-14-27)24-25-22(26-30-24)17-19-11-9-18(2)10-12-19/h4-12,21H,3,13-17H2,1-2H3. The Hall–Kier alpha value is -2.73. The van der Waals surface area contributed by atoms with E-state index in [1.165, 1.54) is 22.7 Å². The summed E-state index contributed by atoms with van der Waals surface area (Å²) in [5.41, 5.74) is 3.60. The average molecular weight is 421 g/mol. The van der Waals surface area contributed by atoms with Crippen LogP contribution in [0.2, 0.25) is 0 Å². The van der Waals surface area contributed by atoms with Gasteiger partial charge in [-0.3, -0.25) is 4.79 Å². The number of carbonyl (C=O) groups is 1. The van der Waals surface area contributed by atoms with Crippen LogP contribution in [-0.4, -0.2) is 46.3 Å². The number of anilines is 1. The molecule has 5 nitrogen and oxygen atoms in total. The Kier molecular flexibility index (Phi) is 6.43. The molecule has 1 fully saturated rings. The van der Waals surface area contributed by atoms with Crippen molar-refractivity contribution in [3.05, 3.63) is 77.1 Å². The highest BCUT2D eigenvalue weighted by molar-refractivity contribution is 7.09.